The van der Waals surface area contributed by atoms with Crippen LogP contribution in [0.4, 0.5) is 4.39 Å². The molecule has 0 heterocycles. The number of hydrogen-bond acceptors (Lipinski definition) is 1. The van der Waals surface area contributed by atoms with Gasteiger partial charge in [0.05, 0.1) is 0 Å². The lowest BCUT2D eigenvalue weighted by Gasteiger charge is -2.24. The van der Waals surface area contributed by atoms with Gasteiger partial charge in [-0.1, -0.05) is 6.07 Å². The fraction of sp³-hybridized carbons (Fsp3) is 0.462. The maximum Gasteiger partial charge on any atom is 0.130 e. The van der Waals surface area contributed by atoms with Gasteiger partial charge in [-0.05, 0) is 55.4 Å². The van der Waals surface area contributed by atoms with Gasteiger partial charge in [-0.3, -0.25) is 0 Å². The summed E-state index contributed by atoms with van der Waals surface area (Å²) in [4.78, 5) is 11.1. The van der Waals surface area contributed by atoms with E-state index in [1.807, 2.05) is 6.07 Å². The van der Waals surface area contributed by atoms with Crippen molar-refractivity contribution < 1.29 is 9.18 Å². The highest BCUT2D eigenvalue weighted by Gasteiger charge is 2.21. The molecule has 1 aromatic carbocycles. The predicted octanol–water partition coefficient (Wildman–Crippen LogP) is 3.22. The Balaban J connectivity index is 2.32. The fourth-order valence-electron chi connectivity index (χ4n) is 2.43. The van der Waals surface area contributed by atoms with E-state index in [1.54, 1.807) is 13.0 Å². The van der Waals surface area contributed by atoms with Gasteiger partial charge in [0.25, 0.3) is 0 Å². The van der Waals surface area contributed by atoms with Gasteiger partial charge >= 0.3 is 0 Å². The maximum absolute atomic E-state index is 13.1. The number of halogens is 1. The maximum atomic E-state index is 13.1. The number of fused-ring (bicyclic) bond motifs is 1. The van der Waals surface area contributed by atoms with Crippen LogP contribution >= 0.6 is 0 Å². The van der Waals surface area contributed by atoms with Gasteiger partial charge in [-0.2, -0.15) is 0 Å². The molecule has 1 aliphatic carbocycles. The van der Waals surface area contributed by atoms with Crippen LogP contribution in [0.3, 0.4) is 0 Å². The largest absolute Gasteiger partial charge is 0.300 e. The third-order valence-electron chi connectivity index (χ3n) is 3.08. The highest BCUT2D eigenvalue weighted by Crippen LogP contribution is 2.34. The lowest BCUT2D eigenvalue weighted by atomic mass is 9.80. The van der Waals surface area contributed by atoms with Crippen molar-refractivity contribution in [3.63, 3.8) is 0 Å². The number of rotatable bonds is 2. The smallest absolute Gasteiger partial charge is 0.130 e. The van der Waals surface area contributed by atoms with Gasteiger partial charge in [0.2, 0.25) is 0 Å². The zero-order valence-electron chi connectivity index (χ0n) is 8.92. The Morgan fingerprint density at radius 1 is 1.53 bits per heavy atom. The van der Waals surface area contributed by atoms with Crippen molar-refractivity contribution in [1.29, 1.82) is 0 Å². The Labute approximate surface area is 89.3 Å². The van der Waals surface area contributed by atoms with Gasteiger partial charge in [-0.15, -0.1) is 0 Å². The van der Waals surface area contributed by atoms with Crippen LogP contribution < -0.4 is 0 Å². The van der Waals surface area contributed by atoms with Gasteiger partial charge in [0, 0.05) is 6.42 Å². The van der Waals surface area contributed by atoms with E-state index in [9.17, 15) is 9.18 Å². The first-order valence-corrected chi connectivity index (χ1v) is 5.44. The second kappa shape index (κ2) is 4.13. The summed E-state index contributed by atoms with van der Waals surface area (Å²) in [6, 6.07) is 4.97. The zero-order chi connectivity index (χ0) is 10.8. The quantitative estimate of drug-likeness (QED) is 0.726. The minimum Gasteiger partial charge on any atom is -0.300 e. The second-order valence-corrected chi connectivity index (χ2v) is 4.34. The molecule has 1 aromatic rings. The first-order chi connectivity index (χ1) is 7.16. The van der Waals surface area contributed by atoms with Crippen LogP contribution in [0.5, 0.6) is 0 Å². The normalized spacial score (nSPS) is 19.7. The third-order valence-corrected chi connectivity index (χ3v) is 3.08. The predicted molar refractivity (Wildman–Crippen MR) is 57.4 cm³/mol. The van der Waals surface area contributed by atoms with Gasteiger partial charge in [-0.25, -0.2) is 4.39 Å². The average molecular weight is 206 g/mol. The summed E-state index contributed by atoms with van der Waals surface area (Å²) < 4.78 is 13.1. The van der Waals surface area contributed by atoms with Crippen LogP contribution in [-0.2, 0) is 11.2 Å². The molecule has 0 spiro atoms. The number of aryl methyl sites for hydroxylation is 1. The van der Waals surface area contributed by atoms with Crippen LogP contribution in [0.25, 0.3) is 0 Å². The molecule has 0 saturated carbocycles. The Hall–Kier alpha value is -1.18. The standard InChI is InChI=1S/C13H15FO/c1-9(15)7-11-4-2-3-10-5-6-12(14)8-13(10)11/h5-6,8,11H,2-4,7H2,1H3. The average Bonchev–Trinajstić information content (AvgIpc) is 2.18. The van der Waals surface area contributed by atoms with Crippen LogP contribution in [0, 0.1) is 5.82 Å². The Kier molecular flexibility index (Phi) is 2.85. The van der Waals surface area contributed by atoms with Gasteiger partial charge in [0.1, 0.15) is 11.6 Å². The molecule has 2 rings (SSSR count). The molecule has 0 N–H and O–H groups in total. The lowest BCUT2D eigenvalue weighted by Crippen LogP contribution is -2.12. The lowest BCUT2D eigenvalue weighted by molar-refractivity contribution is -0.117. The van der Waals surface area contributed by atoms with E-state index >= 15 is 0 Å². The van der Waals surface area contributed by atoms with Crippen LogP contribution in [-0.4, -0.2) is 5.78 Å². The summed E-state index contributed by atoms with van der Waals surface area (Å²) in [6.45, 7) is 1.60. The molecule has 0 aromatic heterocycles. The van der Waals surface area contributed by atoms with E-state index in [0.29, 0.717) is 6.42 Å². The molecule has 1 atom stereocenters. The van der Waals surface area contributed by atoms with E-state index in [4.69, 9.17) is 0 Å². The van der Waals surface area contributed by atoms with E-state index < -0.39 is 0 Å². The second-order valence-electron chi connectivity index (χ2n) is 4.34. The van der Waals surface area contributed by atoms with Crippen LogP contribution in [0.1, 0.15) is 43.2 Å². The number of ketones is 1. The molecule has 2 heteroatoms. The van der Waals surface area contributed by atoms with Gasteiger partial charge in [0.15, 0.2) is 0 Å². The molecule has 80 valence electrons. The summed E-state index contributed by atoms with van der Waals surface area (Å²) in [5.74, 6) is 0.239. The zero-order valence-corrected chi connectivity index (χ0v) is 8.92. The molecule has 1 aliphatic rings. The van der Waals surface area contributed by atoms with E-state index in [0.717, 1.165) is 24.8 Å². The SMILES string of the molecule is CC(=O)CC1CCCc2ccc(F)cc21. The summed E-state index contributed by atoms with van der Waals surface area (Å²) in [6.07, 6.45) is 3.69. The van der Waals surface area contributed by atoms with Crippen molar-refractivity contribution in [2.24, 2.45) is 0 Å². The molecule has 0 amide bonds. The Morgan fingerprint density at radius 2 is 2.33 bits per heavy atom. The van der Waals surface area contributed by atoms with E-state index in [-0.39, 0.29) is 17.5 Å². The Morgan fingerprint density at radius 3 is 3.07 bits per heavy atom. The van der Waals surface area contributed by atoms with Crippen LogP contribution in [0.2, 0.25) is 0 Å². The highest BCUT2D eigenvalue weighted by atomic mass is 19.1. The van der Waals surface area contributed by atoms with Crippen molar-refractivity contribution in [1.82, 2.24) is 0 Å². The van der Waals surface area contributed by atoms with E-state index in [2.05, 4.69) is 0 Å². The molecule has 0 aliphatic heterocycles. The fourth-order valence-corrected chi connectivity index (χ4v) is 2.43. The number of benzene rings is 1. The number of carbonyl (C=O) groups is 1. The van der Waals surface area contributed by atoms with Crippen molar-refractivity contribution in [2.75, 3.05) is 0 Å². The number of hydrogen-bond donors (Lipinski definition) is 0. The molecular weight excluding hydrogens is 191 g/mol. The number of Topliss-reactive ketones (excluding diaryl/α,β-unsaturated/α-hetero) is 1. The molecule has 15 heavy (non-hydrogen) atoms. The minimum atomic E-state index is -0.191. The molecule has 0 fully saturated rings. The summed E-state index contributed by atoms with van der Waals surface area (Å²) in [5.41, 5.74) is 2.27. The monoisotopic (exact) mass is 206 g/mol. The molecule has 0 radical (unpaired) electrons. The highest BCUT2D eigenvalue weighted by molar-refractivity contribution is 5.76. The summed E-state index contributed by atoms with van der Waals surface area (Å²) in [7, 11) is 0. The van der Waals surface area contributed by atoms with Crippen molar-refractivity contribution >= 4 is 5.78 Å². The number of carbonyl (C=O) groups excluding carboxylic acids is 1. The van der Waals surface area contributed by atoms with Gasteiger partial charge < -0.3 is 4.79 Å². The van der Waals surface area contributed by atoms with Crippen molar-refractivity contribution in [2.45, 2.75) is 38.5 Å². The first kappa shape index (κ1) is 10.3. The molecule has 0 bridgehead atoms. The Bertz CT molecular complexity index is 384. The molecule has 1 nitrogen and oxygen atoms in total. The minimum absolute atomic E-state index is 0.191. The van der Waals surface area contributed by atoms with Crippen molar-refractivity contribution in [3.05, 3.63) is 35.1 Å². The third kappa shape index (κ3) is 2.25. The molecule has 0 saturated heterocycles. The van der Waals surface area contributed by atoms with Crippen molar-refractivity contribution in [3.8, 4) is 0 Å². The summed E-state index contributed by atoms with van der Waals surface area (Å²) in [5, 5.41) is 0. The molecular formula is C13H15FO. The molecule has 1 unspecified atom stereocenters. The summed E-state index contributed by atoms with van der Waals surface area (Å²) >= 11 is 0. The van der Waals surface area contributed by atoms with Crippen LogP contribution in [0.15, 0.2) is 18.2 Å². The van der Waals surface area contributed by atoms with E-state index in [1.165, 1.54) is 11.6 Å². The first-order valence-electron chi connectivity index (χ1n) is 5.44. The topological polar surface area (TPSA) is 17.1 Å².